The van der Waals surface area contributed by atoms with Crippen LogP contribution in [-0.4, -0.2) is 33.7 Å². The van der Waals surface area contributed by atoms with Crippen molar-refractivity contribution >= 4 is 27.5 Å². The second-order valence-electron chi connectivity index (χ2n) is 4.57. The number of fused-ring (bicyclic) bond motifs is 1. The number of aromatic nitrogens is 3. The van der Waals surface area contributed by atoms with Crippen molar-refractivity contribution in [1.29, 1.82) is 0 Å². The van der Waals surface area contributed by atoms with E-state index in [2.05, 4.69) is 36.6 Å². The summed E-state index contributed by atoms with van der Waals surface area (Å²) in [5.74, 6) is 0.688. The van der Waals surface area contributed by atoms with Crippen molar-refractivity contribution in [2.75, 3.05) is 18.4 Å². The Balaban J connectivity index is 1.52. The van der Waals surface area contributed by atoms with Gasteiger partial charge in [0, 0.05) is 18.8 Å². The van der Waals surface area contributed by atoms with Crippen molar-refractivity contribution in [2.45, 2.75) is 25.3 Å². The SMILES string of the molecule is Brc1cccn2nc(NCCCNC3CC3)nc12. The van der Waals surface area contributed by atoms with E-state index in [4.69, 9.17) is 0 Å². The summed E-state index contributed by atoms with van der Waals surface area (Å²) in [6, 6.07) is 4.69. The van der Waals surface area contributed by atoms with E-state index in [9.17, 15) is 0 Å². The van der Waals surface area contributed by atoms with E-state index < -0.39 is 0 Å². The number of nitrogens with one attached hydrogen (secondary N) is 2. The molecule has 0 bridgehead atoms. The monoisotopic (exact) mass is 309 g/mol. The molecule has 2 N–H and O–H groups in total. The Morgan fingerprint density at radius 2 is 2.28 bits per heavy atom. The summed E-state index contributed by atoms with van der Waals surface area (Å²) < 4.78 is 2.73. The van der Waals surface area contributed by atoms with Crippen molar-refractivity contribution in [1.82, 2.24) is 19.9 Å². The lowest BCUT2D eigenvalue weighted by Crippen LogP contribution is -2.20. The van der Waals surface area contributed by atoms with Gasteiger partial charge in [-0.25, -0.2) is 4.52 Å². The summed E-state index contributed by atoms with van der Waals surface area (Å²) >= 11 is 3.46. The maximum absolute atomic E-state index is 4.43. The largest absolute Gasteiger partial charge is 0.353 e. The fourth-order valence-corrected chi connectivity index (χ4v) is 2.25. The van der Waals surface area contributed by atoms with Gasteiger partial charge in [0.05, 0.1) is 4.47 Å². The van der Waals surface area contributed by atoms with E-state index in [1.807, 2.05) is 18.3 Å². The van der Waals surface area contributed by atoms with E-state index in [0.717, 1.165) is 35.7 Å². The van der Waals surface area contributed by atoms with Crippen molar-refractivity contribution < 1.29 is 0 Å². The lowest BCUT2D eigenvalue weighted by atomic mass is 10.4. The Bertz CT molecular complexity index is 534. The number of hydrogen-bond donors (Lipinski definition) is 2. The minimum atomic E-state index is 0.688. The number of hydrogen-bond acceptors (Lipinski definition) is 4. The number of halogens is 1. The molecule has 0 radical (unpaired) electrons. The molecule has 2 heterocycles. The molecule has 2 aromatic heterocycles. The summed E-state index contributed by atoms with van der Waals surface area (Å²) in [7, 11) is 0. The summed E-state index contributed by atoms with van der Waals surface area (Å²) in [5, 5.41) is 11.1. The van der Waals surface area contributed by atoms with Crippen LogP contribution in [0.15, 0.2) is 22.8 Å². The molecule has 2 aromatic rings. The Kier molecular flexibility index (Phi) is 3.47. The van der Waals surface area contributed by atoms with Crippen LogP contribution in [0.4, 0.5) is 5.95 Å². The number of rotatable bonds is 6. The minimum Gasteiger partial charge on any atom is -0.353 e. The third-order valence-corrected chi connectivity index (χ3v) is 3.58. The highest BCUT2D eigenvalue weighted by atomic mass is 79.9. The van der Waals surface area contributed by atoms with Gasteiger partial charge < -0.3 is 10.6 Å². The molecule has 0 unspecified atom stereocenters. The second kappa shape index (κ2) is 5.24. The summed E-state index contributed by atoms with van der Waals surface area (Å²) in [6.07, 6.45) is 5.67. The van der Waals surface area contributed by atoms with Crippen molar-refractivity contribution in [3.8, 4) is 0 Å². The molecule has 0 aromatic carbocycles. The van der Waals surface area contributed by atoms with Crippen LogP contribution in [0.25, 0.3) is 5.65 Å². The van der Waals surface area contributed by atoms with Crippen molar-refractivity contribution in [2.24, 2.45) is 0 Å². The lowest BCUT2D eigenvalue weighted by molar-refractivity contribution is 0.658. The fourth-order valence-electron chi connectivity index (χ4n) is 1.83. The van der Waals surface area contributed by atoms with Crippen LogP contribution in [0.3, 0.4) is 0 Å². The third-order valence-electron chi connectivity index (χ3n) is 2.96. The van der Waals surface area contributed by atoms with E-state index in [1.54, 1.807) is 4.52 Å². The first-order valence-electron chi connectivity index (χ1n) is 6.31. The summed E-state index contributed by atoms with van der Waals surface area (Å²) in [6.45, 7) is 1.96. The maximum Gasteiger partial charge on any atom is 0.243 e. The highest BCUT2D eigenvalue weighted by Crippen LogP contribution is 2.18. The van der Waals surface area contributed by atoms with Gasteiger partial charge in [0.2, 0.25) is 5.95 Å². The van der Waals surface area contributed by atoms with E-state index in [1.165, 1.54) is 12.8 Å². The van der Waals surface area contributed by atoms with Gasteiger partial charge in [-0.05, 0) is 53.9 Å². The molecule has 1 aliphatic carbocycles. The quantitative estimate of drug-likeness (QED) is 0.802. The van der Waals surface area contributed by atoms with Gasteiger partial charge in [-0.2, -0.15) is 4.98 Å². The fraction of sp³-hybridized carbons (Fsp3) is 0.500. The van der Waals surface area contributed by atoms with Crippen molar-refractivity contribution in [3.05, 3.63) is 22.8 Å². The van der Waals surface area contributed by atoms with Crippen LogP contribution in [-0.2, 0) is 0 Å². The standard InChI is InChI=1S/C12H16BrN5/c13-10-3-1-8-18-11(10)16-12(17-18)15-7-2-6-14-9-4-5-9/h1,3,8-9,14H,2,4-7H2,(H,15,17). The Labute approximate surface area is 114 Å². The highest BCUT2D eigenvalue weighted by molar-refractivity contribution is 9.10. The summed E-state index contributed by atoms with van der Waals surface area (Å²) in [4.78, 5) is 4.43. The van der Waals surface area contributed by atoms with Crippen LogP contribution in [0, 0.1) is 0 Å². The molecule has 6 heteroatoms. The number of nitrogens with zero attached hydrogens (tertiary/aromatic N) is 3. The second-order valence-corrected chi connectivity index (χ2v) is 5.42. The Hall–Kier alpha value is -1.14. The molecule has 0 amide bonds. The molecule has 0 aliphatic heterocycles. The zero-order valence-electron chi connectivity index (χ0n) is 10.1. The van der Waals surface area contributed by atoms with Gasteiger partial charge in [0.1, 0.15) is 0 Å². The molecular formula is C12H16BrN5. The molecule has 0 spiro atoms. The Morgan fingerprint density at radius 3 is 3.06 bits per heavy atom. The van der Waals surface area contributed by atoms with Crippen LogP contribution in [0.1, 0.15) is 19.3 Å². The van der Waals surface area contributed by atoms with Crippen LogP contribution in [0.5, 0.6) is 0 Å². The van der Waals surface area contributed by atoms with Gasteiger partial charge in [0.25, 0.3) is 0 Å². The molecule has 1 aliphatic rings. The zero-order chi connectivity index (χ0) is 12.4. The minimum absolute atomic E-state index is 0.688. The Morgan fingerprint density at radius 1 is 1.39 bits per heavy atom. The number of anilines is 1. The van der Waals surface area contributed by atoms with Gasteiger partial charge in [-0.1, -0.05) is 0 Å². The van der Waals surface area contributed by atoms with E-state index in [0.29, 0.717) is 5.95 Å². The molecule has 5 nitrogen and oxygen atoms in total. The predicted octanol–water partition coefficient (Wildman–Crippen LogP) is 2.05. The van der Waals surface area contributed by atoms with Gasteiger partial charge in [-0.15, -0.1) is 5.10 Å². The molecule has 1 saturated carbocycles. The first-order chi connectivity index (χ1) is 8.83. The van der Waals surface area contributed by atoms with Crippen LogP contribution in [0.2, 0.25) is 0 Å². The third kappa shape index (κ3) is 2.81. The predicted molar refractivity (Wildman–Crippen MR) is 74.8 cm³/mol. The van der Waals surface area contributed by atoms with E-state index in [-0.39, 0.29) is 0 Å². The van der Waals surface area contributed by atoms with Gasteiger partial charge in [-0.3, -0.25) is 0 Å². The van der Waals surface area contributed by atoms with E-state index >= 15 is 0 Å². The molecule has 0 saturated heterocycles. The first kappa shape index (κ1) is 11.9. The topological polar surface area (TPSA) is 54.2 Å². The highest BCUT2D eigenvalue weighted by Gasteiger charge is 2.19. The molecular weight excluding hydrogens is 294 g/mol. The van der Waals surface area contributed by atoms with Crippen LogP contribution < -0.4 is 10.6 Å². The molecule has 3 rings (SSSR count). The molecule has 1 fully saturated rings. The van der Waals surface area contributed by atoms with Gasteiger partial charge in [0.15, 0.2) is 5.65 Å². The molecule has 96 valence electrons. The van der Waals surface area contributed by atoms with Gasteiger partial charge >= 0.3 is 0 Å². The summed E-state index contributed by atoms with van der Waals surface area (Å²) in [5.41, 5.74) is 0.844. The average molecular weight is 310 g/mol. The average Bonchev–Trinajstić information content (AvgIpc) is 3.08. The molecule has 18 heavy (non-hydrogen) atoms. The van der Waals surface area contributed by atoms with Crippen molar-refractivity contribution in [3.63, 3.8) is 0 Å². The zero-order valence-corrected chi connectivity index (χ0v) is 11.7. The lowest BCUT2D eigenvalue weighted by Gasteiger charge is -2.02. The normalized spacial score (nSPS) is 15.2. The number of pyridine rings is 1. The van der Waals surface area contributed by atoms with Crippen LogP contribution >= 0.6 is 15.9 Å². The molecule has 0 atom stereocenters. The maximum atomic E-state index is 4.43. The first-order valence-corrected chi connectivity index (χ1v) is 7.10. The smallest absolute Gasteiger partial charge is 0.243 e.